The SMILES string of the molecule is CCn1nccc1C(=O)N[C@@H](CCCC(Cl)Cl)C(=O)Nc1ccc(-c2c(C)n[nH]c2C)c(F)n1. The predicted molar refractivity (Wildman–Crippen MR) is 128 cm³/mol. The van der Waals surface area contributed by atoms with Crippen LogP contribution in [-0.2, 0) is 11.3 Å². The summed E-state index contributed by atoms with van der Waals surface area (Å²) in [4.78, 5) is 29.0. The van der Waals surface area contributed by atoms with Gasteiger partial charge in [-0.15, -0.1) is 23.2 Å². The number of carbonyl (C=O) groups excluding carboxylic acids is 2. The van der Waals surface area contributed by atoms with E-state index in [1.165, 1.54) is 23.0 Å². The molecule has 0 fully saturated rings. The van der Waals surface area contributed by atoms with Gasteiger partial charge in [-0.2, -0.15) is 14.6 Å². The van der Waals surface area contributed by atoms with Crippen LogP contribution in [0.15, 0.2) is 24.4 Å². The summed E-state index contributed by atoms with van der Waals surface area (Å²) in [6, 6.07) is 3.68. The van der Waals surface area contributed by atoms with Crippen LogP contribution in [0.5, 0.6) is 0 Å². The number of hydrogen-bond acceptors (Lipinski definition) is 5. The van der Waals surface area contributed by atoms with Crippen molar-refractivity contribution in [1.82, 2.24) is 30.3 Å². The Hall–Kier alpha value is -2.98. The largest absolute Gasteiger partial charge is 0.339 e. The first-order valence-corrected chi connectivity index (χ1v) is 11.7. The van der Waals surface area contributed by atoms with Crippen LogP contribution >= 0.6 is 23.2 Å². The topological polar surface area (TPSA) is 118 Å². The van der Waals surface area contributed by atoms with Gasteiger partial charge in [-0.05, 0) is 58.2 Å². The number of anilines is 1. The van der Waals surface area contributed by atoms with Gasteiger partial charge in [-0.1, -0.05) is 0 Å². The van der Waals surface area contributed by atoms with Crippen molar-refractivity contribution in [2.45, 2.75) is 57.5 Å². The van der Waals surface area contributed by atoms with Gasteiger partial charge in [-0.25, -0.2) is 4.98 Å². The Bertz CT molecular complexity index is 1140. The van der Waals surface area contributed by atoms with Gasteiger partial charge in [0.1, 0.15) is 22.4 Å². The van der Waals surface area contributed by atoms with Gasteiger partial charge in [0, 0.05) is 29.6 Å². The number of amides is 2. The summed E-state index contributed by atoms with van der Waals surface area (Å²) in [6.45, 7) is 5.90. The van der Waals surface area contributed by atoms with E-state index in [4.69, 9.17) is 23.2 Å². The summed E-state index contributed by atoms with van der Waals surface area (Å²) in [7, 11) is 0. The minimum atomic E-state index is -0.914. The maximum atomic E-state index is 14.8. The van der Waals surface area contributed by atoms with Crippen molar-refractivity contribution in [2.24, 2.45) is 0 Å². The number of alkyl halides is 2. The lowest BCUT2D eigenvalue weighted by atomic mass is 10.1. The van der Waals surface area contributed by atoms with Gasteiger partial charge < -0.3 is 10.6 Å². The van der Waals surface area contributed by atoms with Crippen molar-refractivity contribution in [3.8, 4) is 11.1 Å². The smallest absolute Gasteiger partial charge is 0.270 e. The second-order valence-corrected chi connectivity index (χ2v) is 8.99. The fourth-order valence-electron chi connectivity index (χ4n) is 3.61. The van der Waals surface area contributed by atoms with Gasteiger partial charge in [0.05, 0.1) is 5.69 Å². The molecule has 0 bridgehead atoms. The maximum Gasteiger partial charge on any atom is 0.270 e. The molecule has 2 amide bonds. The highest BCUT2D eigenvalue weighted by Crippen LogP contribution is 2.28. The minimum Gasteiger partial charge on any atom is -0.339 e. The quantitative estimate of drug-likeness (QED) is 0.280. The van der Waals surface area contributed by atoms with E-state index in [9.17, 15) is 14.0 Å². The fraction of sp³-hybridized carbons (Fsp3) is 0.409. The van der Waals surface area contributed by atoms with Gasteiger partial charge in [0.2, 0.25) is 11.9 Å². The molecule has 3 N–H and O–H groups in total. The maximum absolute atomic E-state index is 14.8. The summed E-state index contributed by atoms with van der Waals surface area (Å²) in [6.07, 6.45) is 2.72. The van der Waals surface area contributed by atoms with Crippen molar-refractivity contribution < 1.29 is 14.0 Å². The summed E-state index contributed by atoms with van der Waals surface area (Å²) in [5, 5.41) is 16.3. The molecule has 0 radical (unpaired) electrons. The molecule has 3 aromatic rings. The number of aromatic nitrogens is 5. The van der Waals surface area contributed by atoms with Crippen LogP contribution in [0, 0.1) is 19.8 Å². The number of halogens is 3. The van der Waals surface area contributed by atoms with E-state index in [1.54, 1.807) is 19.9 Å². The van der Waals surface area contributed by atoms with Crippen LogP contribution in [0.3, 0.4) is 0 Å². The first-order chi connectivity index (χ1) is 16.2. The standard InChI is InChI=1S/C22H26Cl2FN7O2/c1-4-32-16(10-11-26-32)22(34)27-15(6-5-7-17(23)24)21(33)29-18-9-8-14(20(25)28-18)19-12(2)30-31-13(19)3/h8-11,15,17H,4-7H2,1-3H3,(H,27,34)(H,30,31)(H,28,29,33)/t15-/m0/s1. The fourth-order valence-corrected chi connectivity index (χ4v) is 3.91. The molecule has 3 aromatic heterocycles. The molecule has 3 rings (SSSR count). The molecule has 0 aliphatic rings. The molecule has 34 heavy (non-hydrogen) atoms. The monoisotopic (exact) mass is 509 g/mol. The number of hydrogen-bond donors (Lipinski definition) is 3. The van der Waals surface area contributed by atoms with Crippen LogP contribution in [-0.4, -0.2) is 47.7 Å². The first-order valence-electron chi connectivity index (χ1n) is 10.8. The van der Waals surface area contributed by atoms with Crippen LogP contribution < -0.4 is 10.6 Å². The molecular weight excluding hydrogens is 484 g/mol. The molecule has 3 heterocycles. The van der Waals surface area contributed by atoms with Crippen molar-refractivity contribution in [3.05, 3.63) is 47.4 Å². The lowest BCUT2D eigenvalue weighted by Gasteiger charge is -2.19. The van der Waals surface area contributed by atoms with Crippen molar-refractivity contribution in [1.29, 1.82) is 0 Å². The number of nitrogens with zero attached hydrogens (tertiary/aromatic N) is 4. The number of pyridine rings is 1. The van der Waals surface area contributed by atoms with Gasteiger partial charge in [-0.3, -0.25) is 19.4 Å². The number of aromatic amines is 1. The average Bonchev–Trinajstić information content (AvgIpc) is 3.39. The number of carbonyl (C=O) groups is 2. The predicted octanol–water partition coefficient (Wildman–Crippen LogP) is 4.16. The molecule has 0 unspecified atom stereocenters. The molecule has 0 aliphatic carbocycles. The van der Waals surface area contributed by atoms with E-state index in [2.05, 4.69) is 30.9 Å². The lowest BCUT2D eigenvalue weighted by molar-refractivity contribution is -0.118. The average molecular weight is 510 g/mol. The van der Waals surface area contributed by atoms with Crippen LogP contribution in [0.25, 0.3) is 11.1 Å². The Morgan fingerprint density at radius 3 is 2.59 bits per heavy atom. The Balaban J connectivity index is 1.76. The summed E-state index contributed by atoms with van der Waals surface area (Å²) in [5.74, 6) is -1.71. The van der Waals surface area contributed by atoms with E-state index in [-0.39, 0.29) is 17.8 Å². The highest BCUT2D eigenvalue weighted by atomic mass is 35.5. The van der Waals surface area contributed by atoms with E-state index in [0.29, 0.717) is 42.0 Å². The van der Waals surface area contributed by atoms with E-state index in [0.717, 1.165) is 0 Å². The lowest BCUT2D eigenvalue weighted by Crippen LogP contribution is -2.44. The van der Waals surface area contributed by atoms with E-state index < -0.39 is 28.6 Å². The van der Waals surface area contributed by atoms with E-state index >= 15 is 0 Å². The molecule has 9 nitrogen and oxygen atoms in total. The number of aryl methyl sites for hydroxylation is 3. The molecule has 182 valence electrons. The minimum absolute atomic E-state index is 0.0236. The Labute approximate surface area is 206 Å². The van der Waals surface area contributed by atoms with Gasteiger partial charge in [0.25, 0.3) is 5.91 Å². The number of nitrogens with one attached hydrogen (secondary N) is 3. The molecule has 0 spiro atoms. The zero-order valence-electron chi connectivity index (χ0n) is 19.0. The molecule has 0 aromatic carbocycles. The van der Waals surface area contributed by atoms with Gasteiger partial charge in [0.15, 0.2) is 0 Å². The summed E-state index contributed by atoms with van der Waals surface area (Å²) in [5.41, 5.74) is 2.57. The molecular formula is C22H26Cl2FN7O2. The number of rotatable bonds is 10. The van der Waals surface area contributed by atoms with Gasteiger partial charge >= 0.3 is 0 Å². The number of H-pyrrole nitrogens is 1. The zero-order valence-corrected chi connectivity index (χ0v) is 20.5. The molecule has 1 atom stereocenters. The van der Waals surface area contributed by atoms with Crippen LogP contribution in [0.1, 0.15) is 48.1 Å². The second-order valence-electron chi connectivity index (χ2n) is 7.71. The highest BCUT2D eigenvalue weighted by molar-refractivity contribution is 6.44. The third kappa shape index (κ3) is 6.12. The summed E-state index contributed by atoms with van der Waals surface area (Å²) < 4.78 is 16.3. The molecule has 12 heteroatoms. The second kappa shape index (κ2) is 11.4. The third-order valence-corrected chi connectivity index (χ3v) is 5.72. The molecule has 0 aliphatic heterocycles. The molecule has 0 saturated heterocycles. The Kier molecular flexibility index (Phi) is 8.62. The molecule has 0 saturated carbocycles. The first kappa shape index (κ1) is 25.6. The highest BCUT2D eigenvalue weighted by Gasteiger charge is 2.24. The Morgan fingerprint density at radius 1 is 1.21 bits per heavy atom. The Morgan fingerprint density at radius 2 is 1.97 bits per heavy atom. The third-order valence-electron chi connectivity index (χ3n) is 5.28. The normalized spacial score (nSPS) is 12.1. The zero-order chi connectivity index (χ0) is 24.8. The van der Waals surface area contributed by atoms with Crippen LogP contribution in [0.2, 0.25) is 0 Å². The van der Waals surface area contributed by atoms with E-state index in [1.807, 2.05) is 6.92 Å². The van der Waals surface area contributed by atoms with Crippen LogP contribution in [0.4, 0.5) is 10.2 Å². The van der Waals surface area contributed by atoms with Crippen molar-refractivity contribution >= 4 is 40.8 Å². The van der Waals surface area contributed by atoms with Crippen molar-refractivity contribution in [2.75, 3.05) is 5.32 Å². The van der Waals surface area contributed by atoms with Crippen molar-refractivity contribution in [3.63, 3.8) is 0 Å². The summed E-state index contributed by atoms with van der Waals surface area (Å²) >= 11 is 11.6.